The second kappa shape index (κ2) is 5.24. The van der Waals surface area contributed by atoms with Gasteiger partial charge in [-0.15, -0.1) is 0 Å². The Kier molecular flexibility index (Phi) is 3.59. The van der Waals surface area contributed by atoms with Gasteiger partial charge in [0.1, 0.15) is 5.76 Å². The van der Waals surface area contributed by atoms with Gasteiger partial charge in [0.2, 0.25) is 5.91 Å². The van der Waals surface area contributed by atoms with Crippen LogP contribution in [0.25, 0.3) is 0 Å². The maximum absolute atomic E-state index is 12.6. The topological polar surface area (TPSA) is 68.3 Å². The summed E-state index contributed by atoms with van der Waals surface area (Å²) in [6.07, 6.45) is 8.55. The van der Waals surface area contributed by atoms with Crippen molar-refractivity contribution in [1.29, 1.82) is 0 Å². The minimum atomic E-state index is -0.682. The minimum absolute atomic E-state index is 0.0168. The zero-order valence-corrected chi connectivity index (χ0v) is 12.2. The third-order valence-corrected chi connectivity index (χ3v) is 4.84. The number of nitrogens with one attached hydrogen (secondary N) is 1. The molecule has 3 rings (SSSR count). The lowest BCUT2D eigenvalue weighted by Gasteiger charge is -2.37. The Morgan fingerprint density at radius 3 is 3.10 bits per heavy atom. The van der Waals surface area contributed by atoms with Gasteiger partial charge in [0.15, 0.2) is 0 Å². The summed E-state index contributed by atoms with van der Waals surface area (Å²) in [4.78, 5) is 12.6. The summed E-state index contributed by atoms with van der Waals surface area (Å²) in [5.41, 5.74) is 6.82. The fourth-order valence-electron chi connectivity index (χ4n) is 3.74. The molecule has 1 saturated carbocycles. The Morgan fingerprint density at radius 1 is 1.45 bits per heavy atom. The summed E-state index contributed by atoms with van der Waals surface area (Å²) in [6, 6.07) is 2.05. The molecule has 2 aliphatic carbocycles. The molecule has 0 bridgehead atoms. The smallest absolute Gasteiger partial charge is 0.240 e. The lowest BCUT2D eigenvalue weighted by molar-refractivity contribution is -0.129. The first-order chi connectivity index (χ1) is 9.58. The van der Waals surface area contributed by atoms with Crippen molar-refractivity contribution in [3.8, 4) is 0 Å². The molecule has 1 aromatic heterocycles. The second-order valence-electron chi connectivity index (χ2n) is 6.58. The molecule has 0 radical (unpaired) electrons. The molecule has 3 atom stereocenters. The Balaban J connectivity index is 1.71. The Bertz CT molecular complexity index is 496. The Hall–Kier alpha value is -1.29. The van der Waals surface area contributed by atoms with Crippen LogP contribution in [0.4, 0.5) is 0 Å². The second-order valence-corrected chi connectivity index (χ2v) is 6.58. The van der Waals surface area contributed by atoms with Gasteiger partial charge in [0.25, 0.3) is 0 Å². The average molecular weight is 276 g/mol. The largest absolute Gasteiger partial charge is 0.469 e. The average Bonchev–Trinajstić information content (AvgIpc) is 2.87. The molecule has 4 heteroatoms. The van der Waals surface area contributed by atoms with E-state index in [0.29, 0.717) is 5.92 Å². The third-order valence-electron chi connectivity index (χ3n) is 4.84. The van der Waals surface area contributed by atoms with Crippen LogP contribution in [-0.2, 0) is 11.2 Å². The van der Waals surface area contributed by atoms with E-state index in [1.165, 1.54) is 6.42 Å². The maximum atomic E-state index is 12.6. The van der Waals surface area contributed by atoms with Gasteiger partial charge < -0.3 is 15.5 Å². The van der Waals surface area contributed by atoms with Crippen LogP contribution >= 0.6 is 0 Å². The normalized spacial score (nSPS) is 33.5. The molecule has 1 amide bonds. The molecule has 4 nitrogen and oxygen atoms in total. The number of aryl methyl sites for hydroxylation is 1. The predicted octanol–water partition coefficient (Wildman–Crippen LogP) is 2.68. The van der Waals surface area contributed by atoms with Crippen LogP contribution < -0.4 is 11.1 Å². The molecule has 1 fully saturated rings. The van der Waals surface area contributed by atoms with E-state index >= 15 is 0 Å². The molecule has 1 aromatic rings. The lowest BCUT2D eigenvalue weighted by Crippen LogP contribution is -2.56. The standard InChI is InChI=1S/C16H24N2O2/c1-11-4-3-8-16(17,10-11)15(19)18-13-5-2-6-14-12(13)7-9-20-14/h7,9,11,13H,2-6,8,10,17H2,1H3,(H,18,19). The van der Waals surface area contributed by atoms with E-state index in [-0.39, 0.29) is 11.9 Å². The summed E-state index contributed by atoms with van der Waals surface area (Å²) >= 11 is 0. The number of hydrogen-bond acceptors (Lipinski definition) is 3. The van der Waals surface area contributed by atoms with Gasteiger partial charge in [0.05, 0.1) is 17.8 Å². The molecule has 110 valence electrons. The van der Waals surface area contributed by atoms with Gasteiger partial charge in [-0.2, -0.15) is 0 Å². The number of carbonyl (C=O) groups is 1. The molecule has 20 heavy (non-hydrogen) atoms. The van der Waals surface area contributed by atoms with E-state index in [2.05, 4.69) is 12.2 Å². The number of furan rings is 1. The van der Waals surface area contributed by atoms with Crippen LogP contribution in [0.3, 0.4) is 0 Å². The van der Waals surface area contributed by atoms with Crippen molar-refractivity contribution in [2.75, 3.05) is 0 Å². The van der Waals surface area contributed by atoms with Gasteiger partial charge in [-0.3, -0.25) is 4.79 Å². The summed E-state index contributed by atoms with van der Waals surface area (Å²) in [5, 5.41) is 3.17. The van der Waals surface area contributed by atoms with Crippen molar-refractivity contribution < 1.29 is 9.21 Å². The number of amides is 1. The fourth-order valence-corrected chi connectivity index (χ4v) is 3.74. The molecule has 0 aromatic carbocycles. The zero-order chi connectivity index (χ0) is 14.2. The van der Waals surface area contributed by atoms with Crippen LogP contribution in [0, 0.1) is 5.92 Å². The van der Waals surface area contributed by atoms with Crippen LogP contribution in [0.2, 0.25) is 0 Å². The van der Waals surface area contributed by atoms with Gasteiger partial charge in [-0.05, 0) is 37.7 Å². The first-order valence-electron chi connectivity index (χ1n) is 7.74. The number of carbonyl (C=O) groups excluding carboxylic acids is 1. The molecular formula is C16H24N2O2. The van der Waals surface area contributed by atoms with Crippen molar-refractivity contribution in [2.45, 2.75) is 63.5 Å². The zero-order valence-electron chi connectivity index (χ0n) is 12.2. The number of nitrogens with two attached hydrogens (primary N) is 1. The highest BCUT2D eigenvalue weighted by Crippen LogP contribution is 2.34. The highest BCUT2D eigenvalue weighted by atomic mass is 16.3. The van der Waals surface area contributed by atoms with E-state index in [4.69, 9.17) is 10.2 Å². The number of fused-ring (bicyclic) bond motifs is 1. The van der Waals surface area contributed by atoms with Crippen LogP contribution in [-0.4, -0.2) is 11.4 Å². The summed E-state index contributed by atoms with van der Waals surface area (Å²) in [5.74, 6) is 1.57. The third kappa shape index (κ3) is 2.49. The molecule has 1 heterocycles. The Morgan fingerprint density at radius 2 is 2.30 bits per heavy atom. The molecule has 3 N–H and O–H groups in total. The van der Waals surface area contributed by atoms with Crippen molar-refractivity contribution in [1.82, 2.24) is 5.32 Å². The molecule has 3 unspecified atom stereocenters. The highest BCUT2D eigenvalue weighted by Gasteiger charge is 2.39. The molecule has 0 spiro atoms. The minimum Gasteiger partial charge on any atom is -0.469 e. The van der Waals surface area contributed by atoms with E-state index in [9.17, 15) is 4.79 Å². The predicted molar refractivity (Wildman–Crippen MR) is 77.1 cm³/mol. The highest BCUT2D eigenvalue weighted by molar-refractivity contribution is 5.86. The first kappa shape index (κ1) is 13.7. The van der Waals surface area contributed by atoms with E-state index in [1.807, 2.05) is 6.07 Å². The quantitative estimate of drug-likeness (QED) is 0.872. The monoisotopic (exact) mass is 276 g/mol. The van der Waals surface area contributed by atoms with Gasteiger partial charge >= 0.3 is 0 Å². The Labute approximate surface area is 120 Å². The first-order valence-corrected chi connectivity index (χ1v) is 7.74. The fraction of sp³-hybridized carbons (Fsp3) is 0.688. The number of rotatable bonds is 2. The lowest BCUT2D eigenvalue weighted by atomic mass is 9.76. The summed E-state index contributed by atoms with van der Waals surface area (Å²) in [7, 11) is 0. The summed E-state index contributed by atoms with van der Waals surface area (Å²) < 4.78 is 5.47. The van der Waals surface area contributed by atoms with E-state index in [1.54, 1.807) is 6.26 Å². The van der Waals surface area contributed by atoms with Gasteiger partial charge in [-0.25, -0.2) is 0 Å². The van der Waals surface area contributed by atoms with Gasteiger partial charge in [-0.1, -0.05) is 19.8 Å². The van der Waals surface area contributed by atoms with E-state index < -0.39 is 5.54 Å². The maximum Gasteiger partial charge on any atom is 0.240 e. The van der Waals surface area contributed by atoms with Crippen LogP contribution in [0.1, 0.15) is 62.8 Å². The molecule has 2 aliphatic rings. The van der Waals surface area contributed by atoms with Crippen molar-refractivity contribution >= 4 is 5.91 Å². The van der Waals surface area contributed by atoms with Crippen LogP contribution in [0.15, 0.2) is 16.7 Å². The molecular weight excluding hydrogens is 252 g/mol. The SMILES string of the molecule is CC1CCCC(N)(C(=O)NC2CCCc3occc32)C1. The van der Waals surface area contributed by atoms with Crippen molar-refractivity contribution in [2.24, 2.45) is 11.7 Å². The van der Waals surface area contributed by atoms with Crippen molar-refractivity contribution in [3.05, 3.63) is 23.7 Å². The summed E-state index contributed by atoms with van der Waals surface area (Å²) in [6.45, 7) is 2.18. The van der Waals surface area contributed by atoms with Gasteiger partial charge in [0, 0.05) is 12.0 Å². The van der Waals surface area contributed by atoms with E-state index in [0.717, 1.165) is 49.8 Å². The van der Waals surface area contributed by atoms with Crippen LogP contribution in [0.5, 0.6) is 0 Å². The molecule has 0 aliphatic heterocycles. The number of hydrogen-bond donors (Lipinski definition) is 2. The van der Waals surface area contributed by atoms with Crippen molar-refractivity contribution in [3.63, 3.8) is 0 Å². The molecule has 0 saturated heterocycles.